The largest absolute Gasteiger partial charge is 0.481 e. The second-order valence-corrected chi connectivity index (χ2v) is 4.10. The van der Waals surface area contributed by atoms with E-state index >= 15 is 0 Å². The third-order valence-electron chi connectivity index (χ3n) is 2.96. The summed E-state index contributed by atoms with van der Waals surface area (Å²) in [5.74, 6) is 0.590. The summed E-state index contributed by atoms with van der Waals surface area (Å²) < 4.78 is 5.04. The molecule has 0 fully saturated rings. The lowest BCUT2D eigenvalue weighted by Gasteiger charge is -2.14. The molecule has 0 aliphatic carbocycles. The fraction of sp³-hybridized carbons (Fsp3) is 0.267. The standard InChI is InChI=1S/C15H17NO2/c1-3-14(17)13-7-5-4-6-12(13)11-8-9-15(18-2)16-10-11/h4-10,14,17H,3H2,1-2H3. The van der Waals surface area contributed by atoms with Crippen LogP contribution in [0.5, 0.6) is 5.88 Å². The molecule has 0 amide bonds. The quantitative estimate of drug-likeness (QED) is 0.896. The Hall–Kier alpha value is -1.87. The van der Waals surface area contributed by atoms with Crippen LogP contribution in [0, 0.1) is 0 Å². The Bertz CT molecular complexity index is 508. The van der Waals surface area contributed by atoms with E-state index in [1.54, 1.807) is 13.3 Å². The van der Waals surface area contributed by atoms with Gasteiger partial charge in [-0.1, -0.05) is 31.2 Å². The maximum absolute atomic E-state index is 10.0. The number of hydrogen-bond donors (Lipinski definition) is 1. The van der Waals surface area contributed by atoms with Crippen molar-refractivity contribution >= 4 is 0 Å². The maximum Gasteiger partial charge on any atom is 0.212 e. The van der Waals surface area contributed by atoms with E-state index in [2.05, 4.69) is 4.98 Å². The fourth-order valence-electron chi connectivity index (χ4n) is 1.93. The minimum Gasteiger partial charge on any atom is -0.481 e. The molecule has 0 saturated carbocycles. The average Bonchev–Trinajstić information content (AvgIpc) is 2.46. The van der Waals surface area contributed by atoms with Gasteiger partial charge in [-0.25, -0.2) is 4.98 Å². The summed E-state index contributed by atoms with van der Waals surface area (Å²) in [4.78, 5) is 4.20. The first kappa shape index (κ1) is 12.6. The Morgan fingerprint density at radius 2 is 2.00 bits per heavy atom. The van der Waals surface area contributed by atoms with Gasteiger partial charge in [0.25, 0.3) is 0 Å². The highest BCUT2D eigenvalue weighted by Gasteiger charge is 2.11. The number of ether oxygens (including phenoxy) is 1. The van der Waals surface area contributed by atoms with Crippen molar-refractivity contribution in [2.75, 3.05) is 7.11 Å². The zero-order chi connectivity index (χ0) is 13.0. The van der Waals surface area contributed by atoms with Crippen LogP contribution < -0.4 is 4.74 Å². The first-order valence-electron chi connectivity index (χ1n) is 6.03. The zero-order valence-corrected chi connectivity index (χ0v) is 10.6. The van der Waals surface area contributed by atoms with Crippen molar-refractivity contribution in [2.24, 2.45) is 0 Å². The lowest BCUT2D eigenvalue weighted by Crippen LogP contribution is -1.98. The van der Waals surface area contributed by atoms with E-state index in [9.17, 15) is 5.11 Å². The third kappa shape index (κ3) is 2.51. The zero-order valence-electron chi connectivity index (χ0n) is 10.6. The molecule has 3 heteroatoms. The number of pyridine rings is 1. The summed E-state index contributed by atoms with van der Waals surface area (Å²) in [6, 6.07) is 11.6. The van der Waals surface area contributed by atoms with Crippen LogP contribution >= 0.6 is 0 Å². The Morgan fingerprint density at radius 1 is 1.22 bits per heavy atom. The van der Waals surface area contributed by atoms with Crippen molar-refractivity contribution in [1.82, 2.24) is 4.98 Å². The molecule has 3 nitrogen and oxygen atoms in total. The van der Waals surface area contributed by atoms with Gasteiger partial charge in [-0.15, -0.1) is 0 Å². The number of rotatable bonds is 4. The summed E-state index contributed by atoms with van der Waals surface area (Å²) in [5.41, 5.74) is 2.94. The van der Waals surface area contributed by atoms with E-state index in [1.165, 1.54) is 0 Å². The molecule has 0 radical (unpaired) electrons. The van der Waals surface area contributed by atoms with E-state index in [0.29, 0.717) is 12.3 Å². The molecule has 0 bridgehead atoms. The molecule has 94 valence electrons. The predicted molar refractivity (Wildman–Crippen MR) is 71.5 cm³/mol. The first-order valence-corrected chi connectivity index (χ1v) is 6.03. The number of benzene rings is 1. The van der Waals surface area contributed by atoms with Crippen LogP contribution in [0.2, 0.25) is 0 Å². The molecular formula is C15H17NO2. The van der Waals surface area contributed by atoms with Crippen molar-refractivity contribution in [3.63, 3.8) is 0 Å². The van der Waals surface area contributed by atoms with Crippen molar-refractivity contribution in [3.05, 3.63) is 48.2 Å². The van der Waals surface area contributed by atoms with Crippen molar-refractivity contribution in [3.8, 4) is 17.0 Å². The molecule has 2 rings (SSSR count). The Kier molecular flexibility index (Phi) is 3.95. The van der Waals surface area contributed by atoms with Crippen molar-refractivity contribution < 1.29 is 9.84 Å². The monoisotopic (exact) mass is 243 g/mol. The van der Waals surface area contributed by atoms with Crippen LogP contribution in [-0.4, -0.2) is 17.2 Å². The van der Waals surface area contributed by atoms with Gasteiger partial charge < -0.3 is 9.84 Å². The topological polar surface area (TPSA) is 42.4 Å². The third-order valence-corrected chi connectivity index (χ3v) is 2.96. The second-order valence-electron chi connectivity index (χ2n) is 4.10. The Balaban J connectivity index is 2.43. The van der Waals surface area contributed by atoms with E-state index in [-0.39, 0.29) is 0 Å². The first-order chi connectivity index (χ1) is 8.76. The van der Waals surface area contributed by atoms with Gasteiger partial charge in [0.2, 0.25) is 5.88 Å². The highest BCUT2D eigenvalue weighted by molar-refractivity contribution is 5.67. The molecule has 1 aromatic carbocycles. The van der Waals surface area contributed by atoms with Crippen LogP contribution in [0.25, 0.3) is 11.1 Å². The molecule has 1 unspecified atom stereocenters. The van der Waals surface area contributed by atoms with E-state index < -0.39 is 6.10 Å². The van der Waals surface area contributed by atoms with Crippen molar-refractivity contribution in [2.45, 2.75) is 19.4 Å². The van der Waals surface area contributed by atoms with Crippen LogP contribution in [-0.2, 0) is 0 Å². The lowest BCUT2D eigenvalue weighted by molar-refractivity contribution is 0.174. The van der Waals surface area contributed by atoms with Crippen LogP contribution in [0.15, 0.2) is 42.6 Å². The summed E-state index contributed by atoms with van der Waals surface area (Å²) in [5, 5.41) is 10.0. The number of nitrogens with zero attached hydrogens (tertiary/aromatic N) is 1. The van der Waals surface area contributed by atoms with Gasteiger partial charge in [-0.3, -0.25) is 0 Å². The molecule has 0 aliphatic rings. The second kappa shape index (κ2) is 5.65. The molecule has 0 aliphatic heterocycles. The van der Waals surface area contributed by atoms with Gasteiger partial charge in [0.1, 0.15) is 0 Å². The molecule has 1 N–H and O–H groups in total. The number of aliphatic hydroxyl groups is 1. The summed E-state index contributed by atoms with van der Waals surface area (Å²) in [6.45, 7) is 1.97. The molecule has 2 aromatic rings. The molecule has 1 heterocycles. The summed E-state index contributed by atoms with van der Waals surface area (Å²) in [6.07, 6.45) is 2.02. The molecule has 1 atom stereocenters. The van der Waals surface area contributed by atoms with Gasteiger partial charge in [0.05, 0.1) is 13.2 Å². The van der Waals surface area contributed by atoms with Gasteiger partial charge >= 0.3 is 0 Å². The normalized spacial score (nSPS) is 12.2. The van der Waals surface area contributed by atoms with Gasteiger partial charge in [0.15, 0.2) is 0 Å². The number of hydrogen-bond acceptors (Lipinski definition) is 3. The minimum atomic E-state index is -0.441. The van der Waals surface area contributed by atoms with E-state index in [0.717, 1.165) is 16.7 Å². The number of aliphatic hydroxyl groups excluding tert-OH is 1. The molecule has 0 spiro atoms. The molecule has 1 aromatic heterocycles. The lowest BCUT2D eigenvalue weighted by atomic mass is 9.96. The SMILES string of the molecule is CCC(O)c1ccccc1-c1ccc(OC)nc1. The molecular weight excluding hydrogens is 226 g/mol. The van der Waals surface area contributed by atoms with E-state index in [4.69, 9.17) is 4.74 Å². The predicted octanol–water partition coefficient (Wildman–Crippen LogP) is 3.20. The molecule has 18 heavy (non-hydrogen) atoms. The Labute approximate surface area is 107 Å². The van der Waals surface area contributed by atoms with Crippen LogP contribution in [0.3, 0.4) is 0 Å². The van der Waals surface area contributed by atoms with Gasteiger partial charge in [0, 0.05) is 17.8 Å². The van der Waals surface area contributed by atoms with Gasteiger partial charge in [-0.05, 0) is 23.6 Å². The van der Waals surface area contributed by atoms with Crippen molar-refractivity contribution in [1.29, 1.82) is 0 Å². The number of aromatic nitrogens is 1. The molecule has 0 saturated heterocycles. The Morgan fingerprint density at radius 3 is 2.61 bits per heavy atom. The summed E-state index contributed by atoms with van der Waals surface area (Å²) >= 11 is 0. The van der Waals surface area contributed by atoms with Crippen LogP contribution in [0.1, 0.15) is 25.0 Å². The minimum absolute atomic E-state index is 0.441. The maximum atomic E-state index is 10.0. The highest BCUT2D eigenvalue weighted by atomic mass is 16.5. The fourth-order valence-corrected chi connectivity index (χ4v) is 1.93. The average molecular weight is 243 g/mol. The van der Waals surface area contributed by atoms with Gasteiger partial charge in [-0.2, -0.15) is 0 Å². The summed E-state index contributed by atoms with van der Waals surface area (Å²) in [7, 11) is 1.59. The number of methoxy groups -OCH3 is 1. The smallest absolute Gasteiger partial charge is 0.212 e. The van der Waals surface area contributed by atoms with Crippen LogP contribution in [0.4, 0.5) is 0 Å². The highest BCUT2D eigenvalue weighted by Crippen LogP contribution is 2.29. The van der Waals surface area contributed by atoms with E-state index in [1.807, 2.05) is 43.3 Å².